The van der Waals surface area contributed by atoms with E-state index in [1.807, 2.05) is 19.1 Å². The predicted molar refractivity (Wildman–Crippen MR) is 56.8 cm³/mol. The molecular formula is C11H17NO2. The average molecular weight is 195 g/mol. The number of methoxy groups -OCH3 is 1. The van der Waals surface area contributed by atoms with E-state index in [9.17, 15) is 0 Å². The van der Waals surface area contributed by atoms with E-state index in [0.717, 1.165) is 24.5 Å². The topological polar surface area (TPSA) is 30.5 Å². The molecule has 0 saturated carbocycles. The van der Waals surface area contributed by atoms with Gasteiger partial charge < -0.3 is 9.47 Å². The molecule has 78 valence electrons. The van der Waals surface area contributed by atoms with Crippen molar-refractivity contribution in [1.29, 1.82) is 0 Å². The molecule has 1 atom stereocenters. The van der Waals surface area contributed by atoms with Crippen molar-refractivity contribution in [2.45, 2.75) is 13.2 Å². The van der Waals surface area contributed by atoms with Crippen molar-refractivity contribution in [3.05, 3.63) is 36.1 Å². The van der Waals surface area contributed by atoms with Crippen molar-refractivity contribution in [2.24, 2.45) is 0 Å². The minimum atomic E-state index is -0.0200. The van der Waals surface area contributed by atoms with Crippen LogP contribution in [0.3, 0.4) is 0 Å². The smallest absolute Gasteiger partial charge is 0.134 e. The number of nitrogens with one attached hydrogen (secondary N) is 1. The van der Waals surface area contributed by atoms with Crippen molar-refractivity contribution in [1.82, 2.24) is 5.32 Å². The van der Waals surface area contributed by atoms with Crippen LogP contribution in [0.15, 0.2) is 36.1 Å². The first-order chi connectivity index (χ1) is 6.77. The summed E-state index contributed by atoms with van der Waals surface area (Å²) in [6, 6.07) is 0. The molecule has 0 aromatic rings. The zero-order valence-corrected chi connectivity index (χ0v) is 8.75. The van der Waals surface area contributed by atoms with Crippen molar-refractivity contribution >= 4 is 0 Å². The van der Waals surface area contributed by atoms with Gasteiger partial charge in [0.2, 0.25) is 0 Å². The summed E-state index contributed by atoms with van der Waals surface area (Å²) in [7, 11) is 1.65. The number of ether oxygens (including phenoxy) is 2. The lowest BCUT2D eigenvalue weighted by atomic mass is 10.2. The van der Waals surface area contributed by atoms with Crippen LogP contribution in [0, 0.1) is 0 Å². The zero-order valence-electron chi connectivity index (χ0n) is 8.75. The normalized spacial score (nSPS) is 23.7. The summed E-state index contributed by atoms with van der Waals surface area (Å²) in [5.41, 5.74) is 1.03. The molecule has 1 aliphatic heterocycles. The van der Waals surface area contributed by atoms with Crippen molar-refractivity contribution in [2.75, 3.05) is 20.3 Å². The van der Waals surface area contributed by atoms with Gasteiger partial charge in [-0.15, -0.1) is 0 Å². The Labute approximate surface area is 85.1 Å². The van der Waals surface area contributed by atoms with Crippen molar-refractivity contribution < 1.29 is 9.47 Å². The summed E-state index contributed by atoms with van der Waals surface area (Å²) in [5, 5.41) is 3.22. The third-order valence-corrected chi connectivity index (χ3v) is 2.09. The summed E-state index contributed by atoms with van der Waals surface area (Å²) in [4.78, 5) is 0. The molecule has 1 unspecified atom stereocenters. The fraction of sp³-hybridized carbons (Fsp3) is 0.455. The summed E-state index contributed by atoms with van der Waals surface area (Å²) < 4.78 is 10.5. The van der Waals surface area contributed by atoms with Gasteiger partial charge in [-0.3, -0.25) is 5.32 Å². The number of allylic oxidation sites excluding steroid dienone is 3. The van der Waals surface area contributed by atoms with Crippen LogP contribution in [0.2, 0.25) is 0 Å². The van der Waals surface area contributed by atoms with Crippen LogP contribution in [0.4, 0.5) is 0 Å². The van der Waals surface area contributed by atoms with Crippen LogP contribution >= 0.6 is 0 Å². The average Bonchev–Trinajstić information content (AvgIpc) is 2.72. The third kappa shape index (κ3) is 3.01. The highest BCUT2D eigenvalue weighted by molar-refractivity contribution is 5.26. The SMILES string of the molecule is C=C/C(=C\C=C(/C)OC)C1NCCO1. The minimum absolute atomic E-state index is 0.0200. The maximum atomic E-state index is 5.45. The summed E-state index contributed by atoms with van der Waals surface area (Å²) >= 11 is 0. The van der Waals surface area contributed by atoms with Crippen LogP contribution in [0.5, 0.6) is 0 Å². The van der Waals surface area contributed by atoms with E-state index >= 15 is 0 Å². The first-order valence-corrected chi connectivity index (χ1v) is 4.68. The largest absolute Gasteiger partial charge is 0.501 e. The van der Waals surface area contributed by atoms with Crippen molar-refractivity contribution in [3.63, 3.8) is 0 Å². The molecule has 0 spiro atoms. The van der Waals surface area contributed by atoms with E-state index in [2.05, 4.69) is 11.9 Å². The Balaban J connectivity index is 2.64. The Kier molecular flexibility index (Phi) is 4.43. The highest BCUT2D eigenvalue weighted by Gasteiger charge is 2.16. The molecule has 1 heterocycles. The van der Waals surface area contributed by atoms with Gasteiger partial charge in [0.25, 0.3) is 0 Å². The van der Waals surface area contributed by atoms with E-state index in [1.165, 1.54) is 0 Å². The molecule has 14 heavy (non-hydrogen) atoms. The first kappa shape index (κ1) is 11.0. The second-order valence-electron chi connectivity index (χ2n) is 3.06. The molecule has 0 radical (unpaired) electrons. The van der Waals surface area contributed by atoms with Gasteiger partial charge in [-0.25, -0.2) is 0 Å². The fourth-order valence-electron chi connectivity index (χ4n) is 1.18. The van der Waals surface area contributed by atoms with E-state index in [4.69, 9.17) is 9.47 Å². The van der Waals surface area contributed by atoms with E-state index < -0.39 is 0 Å². The fourth-order valence-corrected chi connectivity index (χ4v) is 1.18. The molecule has 1 saturated heterocycles. The van der Waals surface area contributed by atoms with E-state index in [0.29, 0.717) is 0 Å². The molecule has 0 amide bonds. The van der Waals surface area contributed by atoms with Gasteiger partial charge in [0, 0.05) is 6.54 Å². The lowest BCUT2D eigenvalue weighted by Crippen LogP contribution is -2.23. The number of hydrogen-bond acceptors (Lipinski definition) is 3. The van der Waals surface area contributed by atoms with E-state index in [1.54, 1.807) is 13.2 Å². The van der Waals surface area contributed by atoms with Crippen LogP contribution < -0.4 is 5.32 Å². The lowest BCUT2D eigenvalue weighted by Gasteiger charge is -2.10. The summed E-state index contributed by atoms with van der Waals surface area (Å²) in [5.74, 6) is 0.863. The van der Waals surface area contributed by atoms with E-state index in [-0.39, 0.29) is 6.23 Å². The molecular weight excluding hydrogens is 178 g/mol. The molecule has 0 bridgehead atoms. The molecule has 1 fully saturated rings. The molecule has 0 aromatic heterocycles. The molecule has 3 heteroatoms. The monoisotopic (exact) mass is 195 g/mol. The maximum absolute atomic E-state index is 5.45. The summed E-state index contributed by atoms with van der Waals surface area (Å²) in [6.45, 7) is 7.30. The van der Waals surface area contributed by atoms with Crippen molar-refractivity contribution in [3.8, 4) is 0 Å². The zero-order chi connectivity index (χ0) is 10.4. The highest BCUT2D eigenvalue weighted by atomic mass is 16.5. The Morgan fingerprint density at radius 3 is 2.86 bits per heavy atom. The first-order valence-electron chi connectivity index (χ1n) is 4.68. The Hall–Kier alpha value is -1.06. The standard InChI is InChI=1S/C11H17NO2/c1-4-10(6-5-9(2)13-3)11-12-7-8-14-11/h4-6,11-12H,1,7-8H2,2-3H3/b9-5+,10-6+. The van der Waals surface area contributed by atoms with Gasteiger partial charge in [-0.05, 0) is 18.6 Å². The van der Waals surface area contributed by atoms with Crippen LogP contribution in [0.1, 0.15) is 6.92 Å². The van der Waals surface area contributed by atoms with Crippen LogP contribution in [-0.2, 0) is 9.47 Å². The van der Waals surface area contributed by atoms with Gasteiger partial charge in [-0.2, -0.15) is 0 Å². The van der Waals surface area contributed by atoms with Gasteiger partial charge >= 0.3 is 0 Å². The lowest BCUT2D eigenvalue weighted by molar-refractivity contribution is 0.132. The van der Waals surface area contributed by atoms with Crippen LogP contribution in [0.25, 0.3) is 0 Å². The van der Waals surface area contributed by atoms with Gasteiger partial charge in [0.05, 0.1) is 19.5 Å². The second-order valence-corrected chi connectivity index (χ2v) is 3.06. The third-order valence-electron chi connectivity index (χ3n) is 2.09. The molecule has 0 aliphatic carbocycles. The molecule has 3 nitrogen and oxygen atoms in total. The van der Waals surface area contributed by atoms with Gasteiger partial charge in [-0.1, -0.05) is 18.7 Å². The second kappa shape index (κ2) is 5.62. The minimum Gasteiger partial charge on any atom is -0.501 e. The van der Waals surface area contributed by atoms with Crippen LogP contribution in [-0.4, -0.2) is 26.5 Å². The molecule has 1 N–H and O–H groups in total. The van der Waals surface area contributed by atoms with Gasteiger partial charge in [0.1, 0.15) is 6.23 Å². The summed E-state index contributed by atoms with van der Waals surface area (Å²) in [6.07, 6.45) is 5.63. The predicted octanol–water partition coefficient (Wildman–Crippen LogP) is 1.59. The number of hydrogen-bond donors (Lipinski definition) is 1. The highest BCUT2D eigenvalue weighted by Crippen LogP contribution is 2.10. The maximum Gasteiger partial charge on any atom is 0.134 e. The molecule has 0 aromatic carbocycles. The Morgan fingerprint density at radius 2 is 2.36 bits per heavy atom. The number of rotatable bonds is 4. The van der Waals surface area contributed by atoms with Gasteiger partial charge in [0.15, 0.2) is 0 Å². The Bertz CT molecular complexity index is 250. The quantitative estimate of drug-likeness (QED) is 0.546. The molecule has 1 rings (SSSR count). The Morgan fingerprint density at radius 1 is 1.57 bits per heavy atom. The molecule has 1 aliphatic rings.